The number of benzene rings is 1. The van der Waals surface area contributed by atoms with E-state index >= 15 is 0 Å². The first-order chi connectivity index (χ1) is 15.1. The zero-order chi connectivity index (χ0) is 23.6. The maximum Gasteiger partial charge on any atom is 0.334 e. The number of halogens is 1. The number of hydrogen-bond acceptors (Lipinski definition) is 5. The number of urea groups is 1. The van der Waals surface area contributed by atoms with Gasteiger partial charge in [0.15, 0.2) is 0 Å². The van der Waals surface area contributed by atoms with Crippen molar-refractivity contribution in [3.8, 4) is 0 Å². The molecule has 0 unspecified atom stereocenters. The molecule has 0 radical (unpaired) electrons. The van der Waals surface area contributed by atoms with Crippen molar-refractivity contribution in [2.24, 2.45) is 5.92 Å². The summed E-state index contributed by atoms with van der Waals surface area (Å²) in [4.78, 5) is 53.1. The lowest BCUT2D eigenvalue weighted by Gasteiger charge is -2.54. The van der Waals surface area contributed by atoms with Crippen LogP contribution in [-0.4, -0.2) is 87.6 Å². The van der Waals surface area contributed by atoms with Gasteiger partial charge in [-0.15, -0.1) is 0 Å². The molecule has 0 bridgehead atoms. The Bertz CT molecular complexity index is 893. The molecule has 2 N–H and O–H groups in total. The molecule has 2 aliphatic heterocycles. The molecule has 32 heavy (non-hydrogen) atoms. The van der Waals surface area contributed by atoms with E-state index in [9.17, 15) is 28.7 Å². The molecule has 0 spiro atoms. The Hall–Kier alpha value is -3.21. The maximum absolute atomic E-state index is 13.1. The van der Waals surface area contributed by atoms with Gasteiger partial charge in [0.2, 0.25) is 11.8 Å². The number of hydrazine groups is 1. The number of nitrogens with zero attached hydrogens (tertiary/aromatic N) is 4. The molecule has 11 heteroatoms. The van der Waals surface area contributed by atoms with Crippen molar-refractivity contribution in [1.82, 2.24) is 25.1 Å². The van der Waals surface area contributed by atoms with Gasteiger partial charge in [-0.25, -0.2) is 19.2 Å². The highest BCUT2D eigenvalue weighted by molar-refractivity contribution is 5.93. The molecule has 2 fully saturated rings. The predicted molar refractivity (Wildman–Crippen MR) is 111 cm³/mol. The molecule has 1 aromatic rings. The van der Waals surface area contributed by atoms with Gasteiger partial charge in [-0.3, -0.25) is 14.4 Å². The van der Waals surface area contributed by atoms with Gasteiger partial charge in [0.1, 0.15) is 18.0 Å². The second kappa shape index (κ2) is 9.51. The normalized spacial score (nSPS) is 21.7. The van der Waals surface area contributed by atoms with Gasteiger partial charge in [0.05, 0.1) is 19.5 Å². The van der Waals surface area contributed by atoms with Crippen LogP contribution in [0.4, 0.5) is 9.18 Å². The predicted octanol–water partition coefficient (Wildman–Crippen LogP) is 0.694. The number of fused-ring (bicyclic) bond motifs is 1. The minimum atomic E-state index is -1.20. The van der Waals surface area contributed by atoms with Crippen LogP contribution in [0.15, 0.2) is 24.3 Å². The maximum atomic E-state index is 13.1. The summed E-state index contributed by atoms with van der Waals surface area (Å²) in [6.07, 6.45) is -1.37. The first-order valence-electron chi connectivity index (χ1n) is 10.4. The van der Waals surface area contributed by atoms with Gasteiger partial charge in [0.25, 0.3) is 0 Å². The summed E-state index contributed by atoms with van der Waals surface area (Å²) in [6.45, 7) is 4.27. The van der Waals surface area contributed by atoms with Gasteiger partial charge >= 0.3 is 12.0 Å². The fraction of sp³-hybridized carbons (Fsp3) is 0.524. The number of nitrogens with one attached hydrogen (secondary N) is 1. The quantitative estimate of drug-likeness (QED) is 0.661. The van der Waals surface area contributed by atoms with E-state index < -0.39 is 42.4 Å². The molecule has 3 rings (SSSR count). The van der Waals surface area contributed by atoms with Crippen LogP contribution in [0.2, 0.25) is 0 Å². The van der Waals surface area contributed by atoms with E-state index in [1.807, 2.05) is 13.8 Å². The number of carboxylic acid groups (broad SMARTS) is 1. The lowest BCUT2D eigenvalue weighted by molar-refractivity contribution is -0.188. The number of rotatable bonds is 6. The summed E-state index contributed by atoms with van der Waals surface area (Å²) >= 11 is 0. The summed E-state index contributed by atoms with van der Waals surface area (Å²) in [6, 6.07) is 4.01. The highest BCUT2D eigenvalue weighted by atomic mass is 19.1. The molecular weight excluding hydrogens is 421 g/mol. The molecule has 10 nitrogen and oxygen atoms in total. The van der Waals surface area contributed by atoms with Crippen molar-refractivity contribution < 1.29 is 28.7 Å². The average molecular weight is 449 g/mol. The summed E-state index contributed by atoms with van der Waals surface area (Å²) in [5.74, 6) is -2.31. The van der Waals surface area contributed by atoms with E-state index in [1.54, 1.807) is 19.2 Å². The van der Waals surface area contributed by atoms with Crippen LogP contribution in [0.1, 0.15) is 25.8 Å². The van der Waals surface area contributed by atoms with Crippen LogP contribution in [0, 0.1) is 11.7 Å². The fourth-order valence-corrected chi connectivity index (χ4v) is 4.14. The van der Waals surface area contributed by atoms with Crippen molar-refractivity contribution >= 4 is 23.8 Å². The van der Waals surface area contributed by atoms with Crippen LogP contribution in [0.25, 0.3) is 0 Å². The Labute approximate surface area is 185 Å². The van der Waals surface area contributed by atoms with Crippen LogP contribution >= 0.6 is 0 Å². The molecule has 2 saturated heterocycles. The van der Waals surface area contributed by atoms with E-state index in [4.69, 9.17) is 0 Å². The number of carboxylic acids is 1. The van der Waals surface area contributed by atoms with Crippen LogP contribution in [0.5, 0.6) is 0 Å². The van der Waals surface area contributed by atoms with E-state index in [0.29, 0.717) is 12.1 Å². The van der Waals surface area contributed by atoms with Crippen LogP contribution in [-0.2, 0) is 20.9 Å². The highest BCUT2D eigenvalue weighted by Crippen LogP contribution is 2.27. The van der Waals surface area contributed by atoms with Gasteiger partial charge < -0.3 is 20.2 Å². The van der Waals surface area contributed by atoms with Crippen molar-refractivity contribution in [3.05, 3.63) is 35.6 Å². The Morgan fingerprint density at radius 2 is 1.88 bits per heavy atom. The third-order valence-corrected chi connectivity index (χ3v) is 5.46. The Kier molecular flexibility index (Phi) is 6.97. The van der Waals surface area contributed by atoms with Crippen molar-refractivity contribution in [2.45, 2.75) is 39.0 Å². The first kappa shape index (κ1) is 23.5. The highest BCUT2D eigenvalue weighted by Gasteiger charge is 2.51. The molecule has 2 atom stereocenters. The standard InChI is InChI=1S/C21H28FN5O5/c1-13(2)10-25-11-17-26(16(20(25)31)8-19(29)30)18(28)12-24(3)27(17)21(32)23-9-14-4-6-15(22)7-5-14/h4-7,13,16-17H,8-12H2,1-3H3,(H,23,32)(H,29,30)/t16-,17-/m0/s1. The third-order valence-electron chi connectivity index (χ3n) is 5.46. The summed E-state index contributed by atoms with van der Waals surface area (Å²) in [7, 11) is 1.59. The fourth-order valence-electron chi connectivity index (χ4n) is 4.14. The number of carbonyl (C=O) groups is 4. The first-order valence-corrected chi connectivity index (χ1v) is 10.4. The van der Waals surface area contributed by atoms with Gasteiger partial charge in [-0.2, -0.15) is 0 Å². The van der Waals surface area contributed by atoms with E-state index in [0.717, 1.165) is 0 Å². The smallest absolute Gasteiger partial charge is 0.334 e. The third kappa shape index (κ3) is 4.98. The Morgan fingerprint density at radius 1 is 1.22 bits per heavy atom. The molecule has 1 aromatic carbocycles. The minimum Gasteiger partial charge on any atom is -0.481 e. The second-order valence-electron chi connectivity index (χ2n) is 8.48. The molecule has 0 aliphatic carbocycles. The number of carbonyl (C=O) groups excluding carboxylic acids is 3. The van der Waals surface area contributed by atoms with E-state index in [2.05, 4.69) is 5.32 Å². The monoisotopic (exact) mass is 449 g/mol. The largest absolute Gasteiger partial charge is 0.481 e. The molecule has 4 amide bonds. The summed E-state index contributed by atoms with van der Waals surface area (Å²) in [5, 5.41) is 14.9. The second-order valence-corrected chi connectivity index (χ2v) is 8.48. The zero-order valence-corrected chi connectivity index (χ0v) is 18.3. The van der Waals surface area contributed by atoms with Gasteiger partial charge in [0, 0.05) is 20.1 Å². The lowest BCUT2D eigenvalue weighted by Crippen LogP contribution is -2.76. The molecule has 0 saturated carbocycles. The van der Waals surface area contributed by atoms with Crippen molar-refractivity contribution in [1.29, 1.82) is 0 Å². The number of piperazine rings is 1. The molecule has 2 heterocycles. The number of amides is 4. The summed E-state index contributed by atoms with van der Waals surface area (Å²) in [5.41, 5.74) is 0.691. The molecule has 174 valence electrons. The lowest BCUT2D eigenvalue weighted by atomic mass is 10.0. The van der Waals surface area contributed by atoms with Crippen molar-refractivity contribution in [3.63, 3.8) is 0 Å². The number of aliphatic carboxylic acids is 1. The topological polar surface area (TPSA) is 114 Å². The molecule has 0 aromatic heterocycles. The van der Waals surface area contributed by atoms with Crippen molar-refractivity contribution in [2.75, 3.05) is 26.7 Å². The van der Waals surface area contributed by atoms with Gasteiger partial charge in [-0.05, 0) is 23.6 Å². The van der Waals surface area contributed by atoms with E-state index in [-0.39, 0.29) is 31.4 Å². The Morgan fingerprint density at radius 3 is 2.47 bits per heavy atom. The average Bonchev–Trinajstić information content (AvgIpc) is 2.69. The minimum absolute atomic E-state index is 0.0766. The zero-order valence-electron chi connectivity index (χ0n) is 18.3. The van der Waals surface area contributed by atoms with Crippen LogP contribution in [0.3, 0.4) is 0 Å². The van der Waals surface area contributed by atoms with E-state index in [1.165, 1.54) is 32.0 Å². The summed E-state index contributed by atoms with van der Waals surface area (Å²) < 4.78 is 13.1. The number of hydrogen-bond donors (Lipinski definition) is 2. The molecule has 2 aliphatic rings. The molecular formula is C21H28FN5O5. The van der Waals surface area contributed by atoms with Crippen LogP contribution < -0.4 is 5.32 Å². The number of likely N-dealkylation sites (N-methyl/N-ethyl adjacent to an activating group) is 1. The SMILES string of the molecule is CC(C)CN1C[C@H]2N(C(=O)CN(C)N2C(=O)NCc2ccc(F)cc2)[C@@H](CC(=O)O)C1=O. The van der Waals surface area contributed by atoms with Gasteiger partial charge in [-0.1, -0.05) is 26.0 Å². The Balaban J connectivity index is 1.86.